The molecular formula is C17H32O. The second-order valence-electron chi connectivity index (χ2n) is 9.08. The van der Waals surface area contributed by atoms with Gasteiger partial charge in [-0.25, -0.2) is 0 Å². The molecule has 2 aliphatic heterocycles. The van der Waals surface area contributed by atoms with E-state index in [1.54, 1.807) is 0 Å². The number of rotatable bonds is 2. The lowest BCUT2D eigenvalue weighted by Gasteiger charge is -2.34. The fourth-order valence-corrected chi connectivity index (χ4v) is 4.03. The highest BCUT2D eigenvalue weighted by molar-refractivity contribution is 4.93. The Kier molecular flexibility index (Phi) is 3.84. The van der Waals surface area contributed by atoms with Crippen LogP contribution in [0.1, 0.15) is 73.6 Å². The van der Waals surface area contributed by atoms with Gasteiger partial charge in [0.05, 0.1) is 12.2 Å². The highest BCUT2D eigenvalue weighted by Crippen LogP contribution is 2.47. The quantitative estimate of drug-likeness (QED) is 0.669. The maximum Gasteiger partial charge on any atom is 0.0611 e. The Morgan fingerprint density at radius 1 is 0.778 bits per heavy atom. The minimum Gasteiger partial charge on any atom is -0.374 e. The van der Waals surface area contributed by atoms with E-state index in [0.29, 0.717) is 23.0 Å². The van der Waals surface area contributed by atoms with Crippen LogP contribution in [0, 0.1) is 22.7 Å². The number of hydrogen-bond donors (Lipinski definition) is 0. The molecule has 0 aliphatic carbocycles. The van der Waals surface area contributed by atoms with Crippen LogP contribution in [-0.4, -0.2) is 12.2 Å². The molecule has 0 aromatic rings. The van der Waals surface area contributed by atoms with Crippen molar-refractivity contribution in [2.75, 3.05) is 0 Å². The molecule has 2 fully saturated rings. The third-order valence-electron chi connectivity index (χ3n) is 4.51. The summed E-state index contributed by atoms with van der Waals surface area (Å²) in [4.78, 5) is 0. The molecule has 1 heteroatoms. The molecule has 4 atom stereocenters. The van der Waals surface area contributed by atoms with Gasteiger partial charge in [-0.2, -0.15) is 0 Å². The summed E-state index contributed by atoms with van der Waals surface area (Å²) < 4.78 is 6.31. The third kappa shape index (κ3) is 3.73. The van der Waals surface area contributed by atoms with E-state index < -0.39 is 0 Å². The van der Waals surface area contributed by atoms with E-state index >= 15 is 0 Å². The standard InChI is InChI=1S/C17H32O/c1-16(2,3)10-12-7-8-14-13(9-15(12)18-14)11-17(4,5)6/h12-15H,7-11H2,1-6H3. The van der Waals surface area contributed by atoms with Gasteiger partial charge in [0, 0.05) is 0 Å². The highest BCUT2D eigenvalue weighted by Gasteiger charge is 2.44. The highest BCUT2D eigenvalue weighted by atomic mass is 16.5. The van der Waals surface area contributed by atoms with Crippen LogP contribution in [0.25, 0.3) is 0 Å². The molecule has 2 rings (SSSR count). The summed E-state index contributed by atoms with van der Waals surface area (Å²) in [6, 6.07) is 0. The number of fused-ring (bicyclic) bond motifs is 2. The Morgan fingerprint density at radius 3 is 1.89 bits per heavy atom. The van der Waals surface area contributed by atoms with Gasteiger partial charge in [-0.15, -0.1) is 0 Å². The average molecular weight is 252 g/mol. The maximum atomic E-state index is 6.31. The average Bonchev–Trinajstić information content (AvgIpc) is 2.45. The molecule has 0 radical (unpaired) electrons. The number of hydrogen-bond acceptors (Lipinski definition) is 1. The Labute approximate surface area is 114 Å². The molecule has 0 saturated carbocycles. The van der Waals surface area contributed by atoms with Gasteiger partial charge in [-0.1, -0.05) is 41.5 Å². The molecule has 106 valence electrons. The van der Waals surface area contributed by atoms with Crippen molar-refractivity contribution in [1.29, 1.82) is 0 Å². The molecule has 1 nitrogen and oxygen atoms in total. The van der Waals surface area contributed by atoms with Crippen molar-refractivity contribution in [2.24, 2.45) is 22.7 Å². The van der Waals surface area contributed by atoms with Gasteiger partial charge in [-0.3, -0.25) is 0 Å². The second kappa shape index (κ2) is 4.81. The minimum absolute atomic E-state index is 0.447. The SMILES string of the molecule is CC(C)(C)CC1CC2OC1CCC2CC(C)(C)C. The van der Waals surface area contributed by atoms with Gasteiger partial charge in [-0.05, 0) is 54.8 Å². The molecule has 2 saturated heterocycles. The molecule has 0 N–H and O–H groups in total. The lowest BCUT2D eigenvalue weighted by Crippen LogP contribution is -2.31. The van der Waals surface area contributed by atoms with Crippen molar-refractivity contribution in [3.63, 3.8) is 0 Å². The van der Waals surface area contributed by atoms with Gasteiger partial charge in [0.2, 0.25) is 0 Å². The minimum atomic E-state index is 0.447. The van der Waals surface area contributed by atoms with E-state index in [9.17, 15) is 0 Å². The predicted octanol–water partition coefficient (Wildman–Crippen LogP) is 5.04. The van der Waals surface area contributed by atoms with E-state index in [-0.39, 0.29) is 0 Å². The molecule has 2 heterocycles. The van der Waals surface area contributed by atoms with Crippen LogP contribution in [0.5, 0.6) is 0 Å². The molecule has 0 aromatic heterocycles. The zero-order chi connectivity index (χ0) is 13.6. The van der Waals surface area contributed by atoms with Crippen molar-refractivity contribution < 1.29 is 4.74 Å². The number of ether oxygens (including phenoxy) is 1. The zero-order valence-corrected chi connectivity index (χ0v) is 13.3. The van der Waals surface area contributed by atoms with E-state index in [4.69, 9.17) is 4.74 Å². The van der Waals surface area contributed by atoms with Gasteiger partial charge >= 0.3 is 0 Å². The fourth-order valence-electron chi connectivity index (χ4n) is 4.03. The maximum absolute atomic E-state index is 6.31. The molecule has 2 aliphatic rings. The van der Waals surface area contributed by atoms with Crippen molar-refractivity contribution in [2.45, 2.75) is 85.9 Å². The Bertz CT molecular complexity index is 267. The van der Waals surface area contributed by atoms with E-state index in [1.165, 1.54) is 32.1 Å². The van der Waals surface area contributed by atoms with E-state index in [1.807, 2.05) is 0 Å². The summed E-state index contributed by atoms with van der Waals surface area (Å²) >= 11 is 0. The predicted molar refractivity (Wildman–Crippen MR) is 77.6 cm³/mol. The van der Waals surface area contributed by atoms with E-state index in [2.05, 4.69) is 41.5 Å². The Balaban J connectivity index is 1.94. The van der Waals surface area contributed by atoms with Crippen LogP contribution >= 0.6 is 0 Å². The van der Waals surface area contributed by atoms with Crippen LogP contribution in [0.15, 0.2) is 0 Å². The van der Waals surface area contributed by atoms with Crippen LogP contribution in [-0.2, 0) is 4.74 Å². The van der Waals surface area contributed by atoms with Crippen molar-refractivity contribution in [1.82, 2.24) is 0 Å². The second-order valence-corrected chi connectivity index (χ2v) is 9.08. The van der Waals surface area contributed by atoms with Gasteiger partial charge in [0.15, 0.2) is 0 Å². The largest absolute Gasteiger partial charge is 0.374 e. The van der Waals surface area contributed by atoms with Crippen LogP contribution in [0.4, 0.5) is 0 Å². The summed E-state index contributed by atoms with van der Waals surface area (Å²) in [6.45, 7) is 14.2. The first-order chi connectivity index (χ1) is 8.14. The summed E-state index contributed by atoms with van der Waals surface area (Å²) in [5, 5.41) is 0. The van der Waals surface area contributed by atoms with E-state index in [0.717, 1.165) is 11.8 Å². The Morgan fingerprint density at radius 2 is 1.33 bits per heavy atom. The molecular weight excluding hydrogens is 220 g/mol. The first-order valence-electron chi connectivity index (χ1n) is 7.79. The normalized spacial score (nSPS) is 37.0. The van der Waals surface area contributed by atoms with Gasteiger partial charge < -0.3 is 4.74 Å². The Hall–Kier alpha value is -0.0400. The monoisotopic (exact) mass is 252 g/mol. The van der Waals surface area contributed by atoms with Crippen LogP contribution < -0.4 is 0 Å². The van der Waals surface area contributed by atoms with Gasteiger partial charge in [0.25, 0.3) is 0 Å². The molecule has 0 spiro atoms. The lowest BCUT2D eigenvalue weighted by molar-refractivity contribution is -0.0509. The first kappa shape index (κ1) is 14.4. The topological polar surface area (TPSA) is 9.23 Å². The summed E-state index contributed by atoms with van der Waals surface area (Å²) in [5.41, 5.74) is 0.897. The van der Waals surface area contributed by atoms with Crippen LogP contribution in [0.2, 0.25) is 0 Å². The van der Waals surface area contributed by atoms with Crippen molar-refractivity contribution >= 4 is 0 Å². The van der Waals surface area contributed by atoms with Crippen LogP contribution in [0.3, 0.4) is 0 Å². The molecule has 0 aromatic carbocycles. The summed E-state index contributed by atoms with van der Waals surface area (Å²) in [6.07, 6.45) is 7.82. The molecule has 4 unspecified atom stereocenters. The fraction of sp³-hybridized carbons (Fsp3) is 1.00. The third-order valence-corrected chi connectivity index (χ3v) is 4.51. The first-order valence-corrected chi connectivity index (χ1v) is 7.79. The molecule has 0 amide bonds. The summed E-state index contributed by atoms with van der Waals surface area (Å²) in [5.74, 6) is 1.63. The van der Waals surface area contributed by atoms with Crippen molar-refractivity contribution in [3.8, 4) is 0 Å². The zero-order valence-electron chi connectivity index (χ0n) is 13.3. The molecule has 2 bridgehead atoms. The smallest absolute Gasteiger partial charge is 0.0611 e. The summed E-state index contributed by atoms with van der Waals surface area (Å²) in [7, 11) is 0. The van der Waals surface area contributed by atoms with Crippen molar-refractivity contribution in [3.05, 3.63) is 0 Å². The van der Waals surface area contributed by atoms with Gasteiger partial charge in [0.1, 0.15) is 0 Å². The lowest BCUT2D eigenvalue weighted by atomic mass is 9.79. The molecule has 18 heavy (non-hydrogen) atoms.